The molecule has 0 aromatic heterocycles. The van der Waals surface area contributed by atoms with Crippen LogP contribution in [0.25, 0.3) is 0 Å². The van der Waals surface area contributed by atoms with Crippen molar-refractivity contribution in [3.8, 4) is 0 Å². The van der Waals surface area contributed by atoms with Crippen molar-refractivity contribution in [1.82, 2.24) is 5.32 Å². The highest BCUT2D eigenvalue weighted by molar-refractivity contribution is 4.97. The van der Waals surface area contributed by atoms with E-state index >= 15 is 0 Å². The quantitative estimate of drug-likeness (QED) is 0.770. The number of rotatable bonds is 3. The fourth-order valence-corrected chi connectivity index (χ4v) is 1.83. The van der Waals surface area contributed by atoms with E-state index in [4.69, 9.17) is 4.74 Å². The number of nitrogens with one attached hydrogen (secondary N) is 1. The van der Waals surface area contributed by atoms with Crippen molar-refractivity contribution in [2.75, 3.05) is 19.8 Å². The van der Waals surface area contributed by atoms with Gasteiger partial charge in [-0.1, -0.05) is 6.92 Å². The molecule has 1 fully saturated rings. The van der Waals surface area contributed by atoms with Gasteiger partial charge < -0.3 is 10.1 Å². The van der Waals surface area contributed by atoms with Crippen LogP contribution >= 0.6 is 0 Å². The summed E-state index contributed by atoms with van der Waals surface area (Å²) < 4.78 is 43.5. The Morgan fingerprint density at radius 1 is 1.43 bits per heavy atom. The van der Waals surface area contributed by atoms with Crippen LogP contribution in [0, 0.1) is 5.92 Å². The van der Waals surface area contributed by atoms with Crippen LogP contribution < -0.4 is 5.32 Å². The van der Waals surface area contributed by atoms with Gasteiger partial charge in [0.25, 0.3) is 0 Å². The molecule has 0 aromatic rings. The number of halogens is 3. The molecule has 5 heteroatoms. The molecule has 0 spiro atoms. The largest absolute Gasteiger partial charge is 0.406 e. The minimum atomic E-state index is -4.22. The normalized spacial score (nSPS) is 27.6. The molecule has 2 atom stereocenters. The predicted octanol–water partition coefficient (Wildman–Crippen LogP) is 1.95. The van der Waals surface area contributed by atoms with E-state index in [9.17, 15) is 13.2 Å². The summed E-state index contributed by atoms with van der Waals surface area (Å²) in [6.45, 7) is 3.84. The van der Waals surface area contributed by atoms with Gasteiger partial charge in [-0.05, 0) is 19.9 Å². The Morgan fingerprint density at radius 2 is 2.07 bits per heavy atom. The highest BCUT2D eigenvalue weighted by atomic mass is 19.4. The molecular formula is C9H16F3NO. The summed E-state index contributed by atoms with van der Waals surface area (Å²) >= 11 is 0. The molecule has 2 nitrogen and oxygen atoms in total. The number of hydrogen-bond donors (Lipinski definition) is 1. The van der Waals surface area contributed by atoms with Gasteiger partial charge in [0.1, 0.15) is 5.54 Å². The summed E-state index contributed by atoms with van der Waals surface area (Å²) in [7, 11) is 0. The molecule has 1 heterocycles. The van der Waals surface area contributed by atoms with E-state index in [2.05, 4.69) is 5.32 Å². The van der Waals surface area contributed by atoms with Gasteiger partial charge in [0.2, 0.25) is 0 Å². The number of alkyl halides is 3. The summed E-state index contributed by atoms with van der Waals surface area (Å²) in [4.78, 5) is 0. The minimum absolute atomic E-state index is 0.197. The first kappa shape index (κ1) is 11.8. The molecule has 14 heavy (non-hydrogen) atoms. The van der Waals surface area contributed by atoms with Crippen LogP contribution in [0.5, 0.6) is 0 Å². The maximum atomic E-state index is 12.8. The zero-order chi connectivity index (χ0) is 10.8. The van der Waals surface area contributed by atoms with E-state index in [1.165, 1.54) is 6.92 Å². The molecule has 0 bridgehead atoms. The Kier molecular flexibility index (Phi) is 3.42. The van der Waals surface area contributed by atoms with Crippen molar-refractivity contribution in [3.05, 3.63) is 0 Å². The average molecular weight is 211 g/mol. The molecule has 1 rings (SSSR count). The zero-order valence-corrected chi connectivity index (χ0v) is 8.45. The molecule has 0 aliphatic carbocycles. The summed E-state index contributed by atoms with van der Waals surface area (Å²) in [5, 5.41) is 2.54. The van der Waals surface area contributed by atoms with Crippen molar-refractivity contribution < 1.29 is 17.9 Å². The molecule has 1 saturated heterocycles. The van der Waals surface area contributed by atoms with Gasteiger partial charge in [-0.3, -0.25) is 0 Å². The van der Waals surface area contributed by atoms with Crippen LogP contribution in [0.2, 0.25) is 0 Å². The van der Waals surface area contributed by atoms with Gasteiger partial charge in [-0.2, -0.15) is 13.2 Å². The first-order chi connectivity index (χ1) is 6.42. The standard InChI is InChI=1S/C9H16F3NO/c1-3-13-8(2,9(10,11)12)7-4-5-14-6-7/h7,13H,3-6H2,1-2H3. The second kappa shape index (κ2) is 4.06. The van der Waals surface area contributed by atoms with E-state index in [1.54, 1.807) is 6.92 Å². The summed E-state index contributed by atoms with van der Waals surface area (Å²) in [5.41, 5.74) is -1.81. The van der Waals surface area contributed by atoms with Gasteiger partial charge in [0, 0.05) is 12.5 Å². The number of ether oxygens (including phenoxy) is 1. The molecule has 1 N–H and O–H groups in total. The lowest BCUT2D eigenvalue weighted by Crippen LogP contribution is -2.59. The van der Waals surface area contributed by atoms with Crippen molar-refractivity contribution in [2.45, 2.75) is 32.0 Å². The maximum Gasteiger partial charge on any atom is 0.406 e. The first-order valence-electron chi connectivity index (χ1n) is 4.81. The molecule has 0 saturated carbocycles. The van der Waals surface area contributed by atoms with E-state index in [-0.39, 0.29) is 6.61 Å². The molecule has 0 amide bonds. The van der Waals surface area contributed by atoms with Crippen molar-refractivity contribution in [2.24, 2.45) is 5.92 Å². The van der Waals surface area contributed by atoms with Crippen LogP contribution in [0.1, 0.15) is 20.3 Å². The van der Waals surface area contributed by atoms with Crippen molar-refractivity contribution in [3.63, 3.8) is 0 Å². The lowest BCUT2D eigenvalue weighted by Gasteiger charge is -2.37. The van der Waals surface area contributed by atoms with E-state index in [1.807, 2.05) is 0 Å². The molecule has 1 aliphatic rings. The Morgan fingerprint density at radius 3 is 2.43 bits per heavy atom. The lowest BCUT2D eigenvalue weighted by atomic mass is 9.84. The molecule has 84 valence electrons. The summed E-state index contributed by atoms with van der Waals surface area (Å²) in [5.74, 6) is -0.470. The fourth-order valence-electron chi connectivity index (χ4n) is 1.83. The number of hydrogen-bond acceptors (Lipinski definition) is 2. The van der Waals surface area contributed by atoms with Crippen molar-refractivity contribution in [1.29, 1.82) is 0 Å². The Bertz CT molecular complexity index is 189. The molecule has 0 aromatic carbocycles. The fraction of sp³-hybridized carbons (Fsp3) is 1.00. The molecule has 2 unspecified atom stereocenters. The topological polar surface area (TPSA) is 21.3 Å². The van der Waals surface area contributed by atoms with Gasteiger partial charge in [-0.15, -0.1) is 0 Å². The highest BCUT2D eigenvalue weighted by Gasteiger charge is 2.55. The van der Waals surface area contributed by atoms with Crippen LogP contribution in [-0.2, 0) is 4.74 Å². The van der Waals surface area contributed by atoms with E-state index in [0.717, 1.165) is 0 Å². The Labute approximate surface area is 81.8 Å². The van der Waals surface area contributed by atoms with E-state index < -0.39 is 17.6 Å². The molecule has 0 radical (unpaired) electrons. The zero-order valence-electron chi connectivity index (χ0n) is 8.45. The summed E-state index contributed by atoms with van der Waals surface area (Å²) in [6, 6.07) is 0. The van der Waals surface area contributed by atoms with Crippen LogP contribution in [-0.4, -0.2) is 31.5 Å². The van der Waals surface area contributed by atoms with Gasteiger partial charge in [0.15, 0.2) is 0 Å². The van der Waals surface area contributed by atoms with Gasteiger partial charge in [0.05, 0.1) is 6.61 Å². The highest BCUT2D eigenvalue weighted by Crippen LogP contribution is 2.39. The average Bonchev–Trinajstić information content (AvgIpc) is 2.54. The van der Waals surface area contributed by atoms with Crippen molar-refractivity contribution >= 4 is 0 Å². The summed E-state index contributed by atoms with van der Waals surface area (Å²) in [6.07, 6.45) is -3.75. The second-order valence-electron chi connectivity index (χ2n) is 3.79. The monoisotopic (exact) mass is 211 g/mol. The van der Waals surface area contributed by atoms with Crippen LogP contribution in [0.3, 0.4) is 0 Å². The smallest absolute Gasteiger partial charge is 0.381 e. The van der Waals surface area contributed by atoms with Crippen LogP contribution in [0.15, 0.2) is 0 Å². The molecule has 1 aliphatic heterocycles. The second-order valence-corrected chi connectivity index (χ2v) is 3.79. The lowest BCUT2D eigenvalue weighted by molar-refractivity contribution is -0.206. The van der Waals surface area contributed by atoms with Gasteiger partial charge in [-0.25, -0.2) is 0 Å². The van der Waals surface area contributed by atoms with Gasteiger partial charge >= 0.3 is 6.18 Å². The molecular weight excluding hydrogens is 195 g/mol. The Balaban J connectivity index is 2.79. The predicted molar refractivity (Wildman–Crippen MR) is 47.1 cm³/mol. The first-order valence-corrected chi connectivity index (χ1v) is 4.81. The third-order valence-electron chi connectivity index (χ3n) is 2.88. The Hall–Kier alpha value is -0.290. The third kappa shape index (κ3) is 2.03. The maximum absolute atomic E-state index is 12.8. The van der Waals surface area contributed by atoms with Crippen LogP contribution in [0.4, 0.5) is 13.2 Å². The third-order valence-corrected chi connectivity index (χ3v) is 2.88. The minimum Gasteiger partial charge on any atom is -0.381 e. The van der Waals surface area contributed by atoms with E-state index in [0.29, 0.717) is 19.6 Å². The SMILES string of the molecule is CCNC(C)(C1CCOC1)C(F)(F)F.